The van der Waals surface area contributed by atoms with Crippen LogP contribution >= 0.6 is 12.4 Å². The van der Waals surface area contributed by atoms with E-state index in [1.54, 1.807) is 19.1 Å². The normalized spacial score (nSPS) is 17.5. The van der Waals surface area contributed by atoms with Crippen molar-refractivity contribution in [2.24, 2.45) is 0 Å². The molecule has 3 aromatic carbocycles. The SMILES string of the molecule is Cc1cccc(COC2CNCCC2c2ccc(OCCCOCc3ccccc3)cc2)c1F.Cl. The lowest BCUT2D eigenvalue weighted by molar-refractivity contribution is 0.00934. The maximum atomic E-state index is 14.4. The summed E-state index contributed by atoms with van der Waals surface area (Å²) in [5.41, 5.74) is 3.68. The fourth-order valence-electron chi connectivity index (χ4n) is 4.33. The van der Waals surface area contributed by atoms with Crippen molar-refractivity contribution in [3.63, 3.8) is 0 Å². The molecule has 1 aliphatic heterocycles. The number of piperidine rings is 1. The van der Waals surface area contributed by atoms with E-state index in [2.05, 4.69) is 29.6 Å². The van der Waals surface area contributed by atoms with Gasteiger partial charge in [0.25, 0.3) is 0 Å². The smallest absolute Gasteiger partial charge is 0.131 e. The van der Waals surface area contributed by atoms with Crippen molar-refractivity contribution >= 4 is 12.4 Å². The predicted octanol–water partition coefficient (Wildman–Crippen LogP) is 6.20. The summed E-state index contributed by atoms with van der Waals surface area (Å²) in [5.74, 6) is 0.962. The van der Waals surface area contributed by atoms with Crippen LogP contribution in [0.15, 0.2) is 72.8 Å². The van der Waals surface area contributed by atoms with E-state index in [-0.39, 0.29) is 36.9 Å². The third-order valence-corrected chi connectivity index (χ3v) is 6.27. The van der Waals surface area contributed by atoms with Crippen LogP contribution in [0.5, 0.6) is 5.75 Å². The Labute approximate surface area is 214 Å². The number of rotatable bonds is 11. The fraction of sp³-hybridized carbons (Fsp3) is 0.379. The molecule has 0 aliphatic carbocycles. The maximum absolute atomic E-state index is 14.4. The van der Waals surface area contributed by atoms with Gasteiger partial charge in [0.1, 0.15) is 11.6 Å². The summed E-state index contributed by atoms with van der Waals surface area (Å²) in [6, 6.07) is 23.9. The molecule has 0 saturated carbocycles. The third-order valence-electron chi connectivity index (χ3n) is 6.27. The van der Waals surface area contributed by atoms with Crippen LogP contribution in [0.3, 0.4) is 0 Å². The molecule has 0 radical (unpaired) electrons. The molecule has 3 aromatic rings. The van der Waals surface area contributed by atoms with Gasteiger partial charge in [-0.25, -0.2) is 4.39 Å². The largest absolute Gasteiger partial charge is 0.494 e. The highest BCUT2D eigenvalue weighted by Crippen LogP contribution is 2.30. The molecule has 35 heavy (non-hydrogen) atoms. The summed E-state index contributed by atoms with van der Waals surface area (Å²) in [5, 5.41) is 3.41. The van der Waals surface area contributed by atoms with Gasteiger partial charge in [-0.1, -0.05) is 60.7 Å². The van der Waals surface area contributed by atoms with Crippen LogP contribution in [0, 0.1) is 12.7 Å². The van der Waals surface area contributed by atoms with E-state index in [0.717, 1.165) is 31.7 Å². The molecule has 1 saturated heterocycles. The Morgan fingerprint density at radius 2 is 1.71 bits per heavy atom. The van der Waals surface area contributed by atoms with Crippen LogP contribution in [0.2, 0.25) is 0 Å². The lowest BCUT2D eigenvalue weighted by atomic mass is 9.87. The highest BCUT2D eigenvalue weighted by molar-refractivity contribution is 5.85. The number of aryl methyl sites for hydroxylation is 1. The average molecular weight is 500 g/mol. The minimum Gasteiger partial charge on any atom is -0.494 e. The van der Waals surface area contributed by atoms with Gasteiger partial charge in [0.05, 0.1) is 32.5 Å². The zero-order valence-corrected chi connectivity index (χ0v) is 21.1. The number of hydrogen-bond donors (Lipinski definition) is 1. The first-order valence-corrected chi connectivity index (χ1v) is 12.1. The summed E-state index contributed by atoms with van der Waals surface area (Å²) in [6.07, 6.45) is 1.83. The second-order valence-corrected chi connectivity index (χ2v) is 8.81. The molecule has 4 rings (SSSR count). The second-order valence-electron chi connectivity index (χ2n) is 8.81. The van der Waals surface area contributed by atoms with Crippen molar-refractivity contribution in [1.82, 2.24) is 5.32 Å². The molecule has 0 aromatic heterocycles. The lowest BCUT2D eigenvalue weighted by Crippen LogP contribution is -2.41. The molecule has 6 heteroatoms. The van der Waals surface area contributed by atoms with Crippen LogP contribution in [0.4, 0.5) is 4.39 Å². The standard InChI is InChI=1S/C29H34FNO3.ClH/c1-22-7-5-10-25(29(22)30)21-34-28-19-31-16-15-27(28)24-11-13-26(14-12-24)33-18-6-17-32-20-23-8-3-2-4-9-23;/h2-5,7-14,27-28,31H,6,15-21H2,1H3;1H. The number of hydrogen-bond acceptors (Lipinski definition) is 4. The van der Waals surface area contributed by atoms with Crippen LogP contribution in [0.25, 0.3) is 0 Å². The summed E-state index contributed by atoms with van der Waals surface area (Å²) in [4.78, 5) is 0. The van der Waals surface area contributed by atoms with Crippen LogP contribution in [-0.4, -0.2) is 32.4 Å². The Bertz CT molecular complexity index is 1020. The highest BCUT2D eigenvalue weighted by Gasteiger charge is 2.27. The Morgan fingerprint density at radius 3 is 2.51 bits per heavy atom. The Kier molecular flexibility index (Phi) is 11.0. The van der Waals surface area contributed by atoms with Gasteiger partial charge in [0.15, 0.2) is 0 Å². The van der Waals surface area contributed by atoms with Gasteiger partial charge in [-0.2, -0.15) is 0 Å². The van der Waals surface area contributed by atoms with Gasteiger partial charge in [0, 0.05) is 24.4 Å². The first-order chi connectivity index (χ1) is 16.7. The number of benzene rings is 3. The molecular weight excluding hydrogens is 465 g/mol. The fourth-order valence-corrected chi connectivity index (χ4v) is 4.33. The summed E-state index contributed by atoms with van der Waals surface area (Å²) in [7, 11) is 0. The first kappa shape index (κ1) is 27.2. The van der Waals surface area contributed by atoms with Gasteiger partial charge >= 0.3 is 0 Å². The quantitative estimate of drug-likeness (QED) is 0.319. The van der Waals surface area contributed by atoms with E-state index < -0.39 is 0 Å². The van der Waals surface area contributed by atoms with Gasteiger partial charge in [-0.3, -0.25) is 0 Å². The van der Waals surface area contributed by atoms with Crippen molar-refractivity contribution in [2.45, 2.75) is 45.0 Å². The molecule has 2 unspecified atom stereocenters. The van der Waals surface area contributed by atoms with Gasteiger partial charge in [-0.15, -0.1) is 12.4 Å². The second kappa shape index (κ2) is 14.2. The van der Waals surface area contributed by atoms with Gasteiger partial charge in [-0.05, 0) is 48.7 Å². The van der Waals surface area contributed by atoms with E-state index in [1.165, 1.54) is 11.1 Å². The van der Waals surface area contributed by atoms with E-state index in [9.17, 15) is 4.39 Å². The molecule has 0 bridgehead atoms. The van der Waals surface area contributed by atoms with Crippen LogP contribution in [0.1, 0.15) is 41.0 Å². The van der Waals surface area contributed by atoms with Crippen molar-refractivity contribution in [3.8, 4) is 5.75 Å². The Hall–Kier alpha value is -2.44. The molecule has 2 atom stereocenters. The topological polar surface area (TPSA) is 39.7 Å². The molecule has 1 aliphatic rings. The average Bonchev–Trinajstić information content (AvgIpc) is 2.88. The summed E-state index contributed by atoms with van der Waals surface area (Å²) < 4.78 is 32.1. The molecule has 0 amide bonds. The molecule has 1 N–H and O–H groups in total. The summed E-state index contributed by atoms with van der Waals surface area (Å²) in [6.45, 7) is 5.70. The summed E-state index contributed by atoms with van der Waals surface area (Å²) >= 11 is 0. The van der Waals surface area contributed by atoms with E-state index >= 15 is 0 Å². The lowest BCUT2D eigenvalue weighted by Gasteiger charge is -2.32. The van der Waals surface area contributed by atoms with Gasteiger partial charge in [0.2, 0.25) is 0 Å². The zero-order valence-electron chi connectivity index (χ0n) is 20.3. The molecule has 4 nitrogen and oxygen atoms in total. The maximum Gasteiger partial charge on any atom is 0.131 e. The molecule has 1 heterocycles. The molecule has 188 valence electrons. The van der Waals surface area contributed by atoms with Gasteiger partial charge < -0.3 is 19.5 Å². The zero-order chi connectivity index (χ0) is 23.6. The van der Waals surface area contributed by atoms with E-state index in [4.69, 9.17) is 14.2 Å². The molecule has 0 spiro atoms. The minimum atomic E-state index is -0.171. The van der Waals surface area contributed by atoms with Crippen molar-refractivity contribution in [2.75, 3.05) is 26.3 Å². The third kappa shape index (κ3) is 8.04. The number of ether oxygens (including phenoxy) is 3. The van der Waals surface area contributed by atoms with Crippen LogP contribution in [-0.2, 0) is 22.7 Å². The minimum absolute atomic E-state index is 0. The highest BCUT2D eigenvalue weighted by atomic mass is 35.5. The Morgan fingerprint density at radius 1 is 0.914 bits per heavy atom. The van der Waals surface area contributed by atoms with Crippen molar-refractivity contribution in [3.05, 3.63) is 101 Å². The van der Waals surface area contributed by atoms with Crippen molar-refractivity contribution in [1.29, 1.82) is 0 Å². The predicted molar refractivity (Wildman–Crippen MR) is 140 cm³/mol. The van der Waals surface area contributed by atoms with Crippen LogP contribution < -0.4 is 10.1 Å². The van der Waals surface area contributed by atoms with E-state index in [0.29, 0.717) is 30.9 Å². The first-order valence-electron chi connectivity index (χ1n) is 12.1. The number of halogens is 2. The number of nitrogens with one attached hydrogen (secondary N) is 1. The molecular formula is C29H35ClFNO3. The van der Waals surface area contributed by atoms with Crippen molar-refractivity contribution < 1.29 is 18.6 Å². The molecule has 1 fully saturated rings. The Balaban J connectivity index is 0.00000342. The monoisotopic (exact) mass is 499 g/mol. The van der Waals surface area contributed by atoms with E-state index in [1.807, 2.05) is 36.4 Å².